The lowest BCUT2D eigenvalue weighted by molar-refractivity contribution is -0.147. The van der Waals surface area contributed by atoms with Gasteiger partial charge in [-0.05, 0) is 31.5 Å². The highest BCUT2D eigenvalue weighted by molar-refractivity contribution is 5.98. The van der Waals surface area contributed by atoms with Crippen molar-refractivity contribution in [1.29, 1.82) is 0 Å². The molecular formula is C17H20FNO5. The molecular weight excluding hydrogens is 317 g/mol. The quantitative estimate of drug-likeness (QED) is 0.804. The summed E-state index contributed by atoms with van der Waals surface area (Å²) in [6, 6.07) is 3.90. The lowest BCUT2D eigenvalue weighted by Gasteiger charge is -2.20. The number of hydrogen-bond acceptors (Lipinski definition) is 4. The highest BCUT2D eigenvalue weighted by atomic mass is 19.1. The molecule has 1 fully saturated rings. The average molecular weight is 337 g/mol. The van der Waals surface area contributed by atoms with Gasteiger partial charge in [-0.15, -0.1) is 0 Å². The van der Waals surface area contributed by atoms with E-state index in [1.807, 2.05) is 0 Å². The molecule has 1 aromatic carbocycles. The van der Waals surface area contributed by atoms with Crippen LogP contribution in [0.25, 0.3) is 0 Å². The van der Waals surface area contributed by atoms with Crippen LogP contribution in [0.2, 0.25) is 0 Å². The molecule has 2 rings (SSSR count). The summed E-state index contributed by atoms with van der Waals surface area (Å²) in [5, 5.41) is 9.17. The van der Waals surface area contributed by atoms with Gasteiger partial charge >= 0.3 is 5.97 Å². The van der Waals surface area contributed by atoms with Crippen molar-refractivity contribution in [2.45, 2.75) is 26.2 Å². The van der Waals surface area contributed by atoms with Crippen molar-refractivity contribution in [2.24, 2.45) is 5.41 Å². The van der Waals surface area contributed by atoms with Gasteiger partial charge in [-0.3, -0.25) is 14.4 Å². The Labute approximate surface area is 139 Å². The number of amides is 1. The van der Waals surface area contributed by atoms with Gasteiger partial charge in [-0.2, -0.15) is 0 Å². The van der Waals surface area contributed by atoms with E-state index in [9.17, 15) is 18.8 Å². The van der Waals surface area contributed by atoms with Gasteiger partial charge in [-0.25, -0.2) is 4.39 Å². The van der Waals surface area contributed by atoms with E-state index >= 15 is 0 Å². The third-order valence-corrected chi connectivity index (χ3v) is 4.38. The van der Waals surface area contributed by atoms with E-state index in [4.69, 9.17) is 9.84 Å². The molecule has 6 nitrogen and oxygen atoms in total. The number of Topliss-reactive ketones (excluding diaryl/α,β-unsaturated/α-hetero) is 1. The number of aliphatic carboxylic acids is 1. The van der Waals surface area contributed by atoms with Crippen molar-refractivity contribution in [3.05, 3.63) is 29.6 Å². The minimum absolute atomic E-state index is 0.0256. The summed E-state index contributed by atoms with van der Waals surface area (Å²) in [4.78, 5) is 36.9. The summed E-state index contributed by atoms with van der Waals surface area (Å²) >= 11 is 0. The maximum Gasteiger partial charge on any atom is 0.311 e. The monoisotopic (exact) mass is 337 g/mol. The predicted molar refractivity (Wildman–Crippen MR) is 83.5 cm³/mol. The number of methoxy groups -OCH3 is 1. The van der Waals surface area contributed by atoms with Crippen molar-refractivity contribution in [3.63, 3.8) is 0 Å². The first kappa shape index (κ1) is 17.9. The van der Waals surface area contributed by atoms with Crippen LogP contribution in [0.4, 0.5) is 4.39 Å². The van der Waals surface area contributed by atoms with Crippen LogP contribution >= 0.6 is 0 Å². The van der Waals surface area contributed by atoms with E-state index in [-0.39, 0.29) is 42.4 Å². The third-order valence-electron chi connectivity index (χ3n) is 4.38. The number of carboxylic acid groups (broad SMARTS) is 1. The molecule has 0 saturated carbocycles. The summed E-state index contributed by atoms with van der Waals surface area (Å²) in [7, 11) is 1.33. The SMILES string of the molecule is COc1ccc(C(=O)CCC(=O)N2CCC(C)(C(=O)O)C2)cc1F. The zero-order valence-corrected chi connectivity index (χ0v) is 13.7. The first-order chi connectivity index (χ1) is 11.3. The number of benzene rings is 1. The molecule has 1 amide bonds. The number of halogens is 1. The Morgan fingerprint density at radius 2 is 2.04 bits per heavy atom. The maximum absolute atomic E-state index is 13.6. The molecule has 1 heterocycles. The minimum atomic E-state index is -0.932. The van der Waals surface area contributed by atoms with Crippen molar-refractivity contribution in [3.8, 4) is 5.75 Å². The zero-order chi connectivity index (χ0) is 17.9. The van der Waals surface area contributed by atoms with Gasteiger partial charge in [0.05, 0.1) is 12.5 Å². The molecule has 1 aliphatic heterocycles. The van der Waals surface area contributed by atoms with Crippen LogP contribution in [0.3, 0.4) is 0 Å². The van der Waals surface area contributed by atoms with Gasteiger partial charge in [0.25, 0.3) is 0 Å². The van der Waals surface area contributed by atoms with Crippen LogP contribution in [0.15, 0.2) is 18.2 Å². The first-order valence-electron chi connectivity index (χ1n) is 7.65. The second kappa shape index (κ2) is 6.98. The van der Waals surface area contributed by atoms with E-state index in [0.29, 0.717) is 13.0 Å². The Morgan fingerprint density at radius 3 is 2.58 bits per heavy atom. The molecule has 24 heavy (non-hydrogen) atoms. The van der Waals surface area contributed by atoms with E-state index < -0.39 is 17.2 Å². The Morgan fingerprint density at radius 1 is 1.33 bits per heavy atom. The van der Waals surface area contributed by atoms with Crippen LogP contribution in [0.1, 0.15) is 36.5 Å². The Hall–Kier alpha value is -2.44. The van der Waals surface area contributed by atoms with E-state index in [1.165, 1.54) is 24.1 Å². The lowest BCUT2D eigenvalue weighted by Crippen LogP contribution is -2.34. The molecule has 0 aliphatic carbocycles. The molecule has 0 bridgehead atoms. The summed E-state index contributed by atoms with van der Waals surface area (Å²) in [5.74, 6) is -2.12. The highest BCUT2D eigenvalue weighted by Crippen LogP contribution is 2.30. The van der Waals surface area contributed by atoms with Gasteiger partial charge in [0.15, 0.2) is 17.3 Å². The van der Waals surface area contributed by atoms with Gasteiger partial charge in [-0.1, -0.05) is 0 Å². The summed E-state index contributed by atoms with van der Waals surface area (Å²) < 4.78 is 18.4. The number of carbonyl (C=O) groups excluding carboxylic acids is 2. The summed E-state index contributed by atoms with van der Waals surface area (Å²) in [6.45, 7) is 2.12. The molecule has 7 heteroatoms. The number of rotatable bonds is 6. The van der Waals surface area contributed by atoms with Crippen LogP contribution in [0.5, 0.6) is 5.75 Å². The molecule has 0 radical (unpaired) electrons. The van der Waals surface area contributed by atoms with Crippen LogP contribution in [0, 0.1) is 11.2 Å². The fourth-order valence-electron chi connectivity index (χ4n) is 2.71. The lowest BCUT2D eigenvalue weighted by atomic mass is 9.90. The smallest absolute Gasteiger partial charge is 0.311 e. The fraction of sp³-hybridized carbons (Fsp3) is 0.471. The molecule has 1 N–H and O–H groups in total. The Bertz CT molecular complexity index is 675. The maximum atomic E-state index is 13.6. The van der Waals surface area contributed by atoms with Crippen molar-refractivity contribution < 1.29 is 28.6 Å². The Balaban J connectivity index is 1.91. The molecule has 1 atom stereocenters. The van der Waals surface area contributed by atoms with E-state index in [0.717, 1.165) is 6.07 Å². The molecule has 1 unspecified atom stereocenters. The van der Waals surface area contributed by atoms with Gasteiger partial charge < -0.3 is 14.7 Å². The first-order valence-corrected chi connectivity index (χ1v) is 7.65. The Kier molecular flexibility index (Phi) is 5.21. The molecule has 1 aromatic rings. The second-order valence-corrected chi connectivity index (χ2v) is 6.20. The van der Waals surface area contributed by atoms with Gasteiger partial charge in [0.2, 0.25) is 5.91 Å². The number of hydrogen-bond donors (Lipinski definition) is 1. The topological polar surface area (TPSA) is 83.9 Å². The minimum Gasteiger partial charge on any atom is -0.494 e. The normalized spacial score (nSPS) is 20.0. The number of ketones is 1. The van der Waals surface area contributed by atoms with E-state index in [1.54, 1.807) is 6.92 Å². The second-order valence-electron chi connectivity index (χ2n) is 6.20. The van der Waals surface area contributed by atoms with Crippen LogP contribution < -0.4 is 4.74 Å². The molecule has 130 valence electrons. The number of carbonyl (C=O) groups is 3. The average Bonchev–Trinajstić information content (AvgIpc) is 2.96. The van der Waals surface area contributed by atoms with Crippen LogP contribution in [-0.4, -0.2) is 47.9 Å². The highest BCUT2D eigenvalue weighted by Gasteiger charge is 2.41. The van der Waals surface area contributed by atoms with Crippen molar-refractivity contribution in [2.75, 3.05) is 20.2 Å². The van der Waals surface area contributed by atoms with Crippen molar-refractivity contribution in [1.82, 2.24) is 4.90 Å². The number of ether oxygens (including phenoxy) is 1. The van der Waals surface area contributed by atoms with Crippen LogP contribution in [-0.2, 0) is 9.59 Å². The van der Waals surface area contributed by atoms with E-state index in [2.05, 4.69) is 0 Å². The summed E-state index contributed by atoms with van der Waals surface area (Å²) in [6.07, 6.45) is 0.318. The van der Waals surface area contributed by atoms with Gasteiger partial charge in [0, 0.05) is 31.5 Å². The predicted octanol–water partition coefficient (Wildman–Crippen LogP) is 2.12. The number of likely N-dealkylation sites (tertiary alicyclic amines) is 1. The van der Waals surface area contributed by atoms with Crippen molar-refractivity contribution >= 4 is 17.7 Å². The molecule has 1 saturated heterocycles. The molecule has 1 aliphatic rings. The fourth-order valence-corrected chi connectivity index (χ4v) is 2.71. The zero-order valence-electron chi connectivity index (χ0n) is 13.7. The number of nitrogens with zero attached hydrogens (tertiary/aromatic N) is 1. The third kappa shape index (κ3) is 3.72. The molecule has 0 spiro atoms. The van der Waals surface area contributed by atoms with Gasteiger partial charge in [0.1, 0.15) is 0 Å². The molecule has 0 aromatic heterocycles. The summed E-state index contributed by atoms with van der Waals surface area (Å²) in [5.41, 5.74) is -0.753. The standard InChI is InChI=1S/C17H20FNO5/c1-17(16(22)23)7-8-19(10-17)15(21)6-4-13(20)11-3-5-14(24-2)12(18)9-11/h3,5,9H,4,6-8,10H2,1-2H3,(H,22,23). The number of carboxylic acids is 1. The largest absolute Gasteiger partial charge is 0.494 e.